The van der Waals surface area contributed by atoms with Crippen LogP contribution in [0.15, 0.2) is 79.6 Å². The third-order valence-corrected chi connectivity index (χ3v) is 6.53. The summed E-state index contributed by atoms with van der Waals surface area (Å²) in [5, 5.41) is 2.70. The van der Waals surface area contributed by atoms with Crippen LogP contribution in [0.25, 0.3) is 11.3 Å². The first-order valence-corrected chi connectivity index (χ1v) is 13.6. The summed E-state index contributed by atoms with van der Waals surface area (Å²) in [5.41, 5.74) is 2.16. The van der Waals surface area contributed by atoms with Crippen LogP contribution in [-0.2, 0) is 17.3 Å². The molecule has 44 heavy (non-hydrogen) atoms. The fourth-order valence-corrected chi connectivity index (χ4v) is 4.46. The highest BCUT2D eigenvalue weighted by molar-refractivity contribution is 5.98. The largest absolute Gasteiger partial charge is 0.444 e. The molecule has 0 radical (unpaired) electrons. The van der Waals surface area contributed by atoms with E-state index in [1.165, 1.54) is 23.3 Å². The molecule has 11 heteroatoms. The average molecular weight is 600 g/mol. The molecule has 224 valence electrons. The zero-order valence-corrected chi connectivity index (χ0v) is 24.4. The number of nitrogens with one attached hydrogen (secondary N) is 1. The van der Waals surface area contributed by atoms with Gasteiger partial charge in [-0.15, -0.1) is 0 Å². The summed E-state index contributed by atoms with van der Waals surface area (Å²) < 4.78 is 49.4. The Hall–Kier alpha value is -5.37. The first-order valence-electron chi connectivity index (χ1n) is 13.6. The van der Waals surface area contributed by atoms with E-state index in [-0.39, 0.29) is 23.5 Å². The number of benzene rings is 2. The molecule has 0 spiro atoms. The first-order chi connectivity index (χ1) is 20.8. The highest BCUT2D eigenvalue weighted by atomic mass is 19.4. The SMILES string of the molecule is Cc1ccc(C(=O)Cc2cc(-n3ccnc3)cc(C(F)(F)F)c2)cc1C#Cc1cnc2c(NC(=O)OC(C)(C)C)cccn12. The lowest BCUT2D eigenvalue weighted by molar-refractivity contribution is -0.137. The molecule has 1 amide bonds. The Kier molecular flexibility index (Phi) is 8.02. The van der Waals surface area contributed by atoms with E-state index >= 15 is 0 Å². The minimum Gasteiger partial charge on any atom is -0.444 e. The minimum absolute atomic E-state index is 0.225. The predicted octanol–water partition coefficient (Wildman–Crippen LogP) is 7.02. The fraction of sp³-hybridized carbons (Fsp3) is 0.212. The van der Waals surface area contributed by atoms with Crippen molar-refractivity contribution in [1.82, 2.24) is 18.9 Å². The monoisotopic (exact) mass is 599 g/mol. The third-order valence-electron chi connectivity index (χ3n) is 6.53. The van der Waals surface area contributed by atoms with Crippen molar-refractivity contribution in [2.45, 2.75) is 45.9 Å². The number of Topliss-reactive ketones (excluding diaryl/α,β-unsaturated/α-hetero) is 1. The highest BCUT2D eigenvalue weighted by Crippen LogP contribution is 2.32. The van der Waals surface area contributed by atoms with Crippen molar-refractivity contribution in [2.75, 3.05) is 5.32 Å². The molecule has 0 unspecified atom stereocenters. The number of ketones is 1. The number of amides is 1. The Balaban J connectivity index is 1.40. The van der Waals surface area contributed by atoms with Crippen molar-refractivity contribution < 1.29 is 27.5 Å². The maximum Gasteiger partial charge on any atom is 0.416 e. The summed E-state index contributed by atoms with van der Waals surface area (Å²) in [7, 11) is 0. The number of halogens is 3. The molecule has 0 saturated carbocycles. The van der Waals surface area contributed by atoms with E-state index in [9.17, 15) is 22.8 Å². The zero-order chi connectivity index (χ0) is 31.6. The molecule has 3 heterocycles. The van der Waals surface area contributed by atoms with Gasteiger partial charge in [-0.2, -0.15) is 13.2 Å². The number of hydrogen-bond donors (Lipinski definition) is 1. The molecule has 0 aliphatic heterocycles. The maximum absolute atomic E-state index is 13.6. The molecule has 5 aromatic rings. The van der Waals surface area contributed by atoms with Crippen LogP contribution in [0.5, 0.6) is 0 Å². The van der Waals surface area contributed by atoms with Gasteiger partial charge in [-0.05, 0) is 81.1 Å². The van der Waals surface area contributed by atoms with Crippen LogP contribution >= 0.6 is 0 Å². The number of alkyl halides is 3. The topological polar surface area (TPSA) is 90.5 Å². The van der Waals surface area contributed by atoms with Gasteiger partial charge in [0, 0.05) is 41.8 Å². The van der Waals surface area contributed by atoms with Crippen LogP contribution < -0.4 is 5.32 Å². The van der Waals surface area contributed by atoms with Crippen molar-refractivity contribution in [2.24, 2.45) is 0 Å². The molecule has 1 N–H and O–H groups in total. The third kappa shape index (κ3) is 6.98. The van der Waals surface area contributed by atoms with E-state index in [0.29, 0.717) is 28.2 Å². The molecule has 0 aliphatic carbocycles. The Morgan fingerprint density at radius 1 is 1.02 bits per heavy atom. The molecule has 5 rings (SSSR count). The van der Waals surface area contributed by atoms with Gasteiger partial charge in [-0.3, -0.25) is 14.5 Å². The second-order valence-corrected chi connectivity index (χ2v) is 11.1. The summed E-state index contributed by atoms with van der Waals surface area (Å²) in [6, 6.07) is 12.0. The van der Waals surface area contributed by atoms with E-state index < -0.39 is 23.4 Å². The van der Waals surface area contributed by atoms with Gasteiger partial charge < -0.3 is 9.30 Å². The molecule has 0 bridgehead atoms. The predicted molar refractivity (Wildman–Crippen MR) is 159 cm³/mol. The van der Waals surface area contributed by atoms with Crippen molar-refractivity contribution in [1.29, 1.82) is 0 Å². The lowest BCUT2D eigenvalue weighted by atomic mass is 9.97. The molecule has 0 saturated heterocycles. The Bertz CT molecular complexity index is 1920. The van der Waals surface area contributed by atoms with Crippen LogP contribution in [0.1, 0.15) is 59.1 Å². The van der Waals surface area contributed by atoms with Crippen molar-refractivity contribution in [3.05, 3.63) is 113 Å². The molecule has 2 aromatic carbocycles. The Morgan fingerprint density at radius 3 is 2.52 bits per heavy atom. The standard InChI is InChI=1S/C33H28F3N5O3/c1-21-7-8-24(29(42)16-22-14-25(33(34,35)36)18-27(15-22)40-13-11-37-20-40)17-23(21)9-10-26-19-38-30-28(6-5-12-41(26)30)39-31(43)44-32(2,3)4/h5-8,11-15,17-20H,16H2,1-4H3,(H,39,43). The summed E-state index contributed by atoms with van der Waals surface area (Å²) in [4.78, 5) is 33.8. The van der Waals surface area contributed by atoms with Crippen molar-refractivity contribution in [3.63, 3.8) is 0 Å². The number of rotatable bonds is 5. The molecular weight excluding hydrogens is 571 g/mol. The second kappa shape index (κ2) is 11.7. The van der Waals surface area contributed by atoms with Crippen molar-refractivity contribution in [3.8, 4) is 17.5 Å². The number of carbonyl (C=O) groups excluding carboxylic acids is 2. The number of aryl methyl sites for hydroxylation is 1. The van der Waals surface area contributed by atoms with Gasteiger partial charge in [0.25, 0.3) is 0 Å². The van der Waals surface area contributed by atoms with Gasteiger partial charge in [0.1, 0.15) is 11.3 Å². The zero-order valence-electron chi connectivity index (χ0n) is 24.4. The number of pyridine rings is 1. The second-order valence-electron chi connectivity index (χ2n) is 11.1. The number of aromatic nitrogens is 4. The number of fused-ring (bicyclic) bond motifs is 1. The summed E-state index contributed by atoms with van der Waals surface area (Å²) >= 11 is 0. The van der Waals surface area contributed by atoms with Gasteiger partial charge in [-0.1, -0.05) is 18.1 Å². The van der Waals surface area contributed by atoms with E-state index in [4.69, 9.17) is 4.74 Å². The number of nitrogens with zero attached hydrogens (tertiary/aromatic N) is 4. The van der Waals surface area contributed by atoms with Crippen LogP contribution in [0.2, 0.25) is 0 Å². The molecule has 8 nitrogen and oxygen atoms in total. The normalized spacial score (nSPS) is 11.6. The van der Waals surface area contributed by atoms with Crippen LogP contribution in [0, 0.1) is 18.8 Å². The first kappa shape index (κ1) is 30.1. The Morgan fingerprint density at radius 2 is 1.82 bits per heavy atom. The van der Waals surface area contributed by atoms with Gasteiger partial charge in [0.05, 0.1) is 23.8 Å². The number of anilines is 1. The van der Waals surface area contributed by atoms with Crippen LogP contribution in [0.4, 0.5) is 23.7 Å². The van der Waals surface area contributed by atoms with Crippen molar-refractivity contribution >= 4 is 23.2 Å². The lowest BCUT2D eigenvalue weighted by Crippen LogP contribution is -2.27. The lowest BCUT2D eigenvalue weighted by Gasteiger charge is -2.19. The van der Waals surface area contributed by atoms with E-state index in [0.717, 1.165) is 17.7 Å². The molecule has 0 fully saturated rings. The van der Waals surface area contributed by atoms with E-state index in [1.54, 1.807) is 74.0 Å². The van der Waals surface area contributed by atoms with Crippen LogP contribution in [-0.4, -0.2) is 36.4 Å². The van der Waals surface area contributed by atoms with Gasteiger partial charge >= 0.3 is 12.3 Å². The van der Waals surface area contributed by atoms with Gasteiger partial charge in [0.2, 0.25) is 0 Å². The number of hydrogen-bond acceptors (Lipinski definition) is 5. The summed E-state index contributed by atoms with van der Waals surface area (Å²) in [6.45, 7) is 7.15. The van der Waals surface area contributed by atoms with Crippen LogP contribution in [0.3, 0.4) is 0 Å². The number of imidazole rings is 2. The molecule has 0 atom stereocenters. The maximum atomic E-state index is 13.6. The van der Waals surface area contributed by atoms with E-state index in [2.05, 4.69) is 27.1 Å². The summed E-state index contributed by atoms with van der Waals surface area (Å²) in [5.74, 6) is 5.80. The van der Waals surface area contributed by atoms with Gasteiger partial charge in [0.15, 0.2) is 11.4 Å². The average Bonchev–Trinajstić information content (AvgIpc) is 3.62. The molecular formula is C33H28F3N5O3. The highest BCUT2D eigenvalue weighted by Gasteiger charge is 2.31. The Labute approximate surface area is 251 Å². The molecule has 0 aliphatic rings. The smallest absolute Gasteiger partial charge is 0.416 e. The number of carbonyl (C=O) groups is 2. The minimum atomic E-state index is -4.58. The fourth-order valence-electron chi connectivity index (χ4n) is 4.46. The quantitative estimate of drug-likeness (QED) is 0.173. The molecule has 3 aromatic heterocycles. The van der Waals surface area contributed by atoms with Gasteiger partial charge in [-0.25, -0.2) is 14.8 Å². The summed E-state index contributed by atoms with van der Waals surface area (Å²) in [6.07, 6.45) is 2.30. The number of ether oxygens (including phenoxy) is 1. The van der Waals surface area contributed by atoms with E-state index in [1.807, 2.05) is 6.92 Å².